The number of hydrogen-bond acceptors (Lipinski definition) is 6. The molecule has 1 aromatic carbocycles. The Kier molecular flexibility index (Phi) is 8.49. The van der Waals surface area contributed by atoms with Gasteiger partial charge < -0.3 is 30.5 Å². The van der Waals surface area contributed by atoms with E-state index in [9.17, 15) is 24.7 Å². The van der Waals surface area contributed by atoms with Crippen LogP contribution in [-0.2, 0) is 22.4 Å². The van der Waals surface area contributed by atoms with Gasteiger partial charge in [0.15, 0.2) is 0 Å². The van der Waals surface area contributed by atoms with Crippen molar-refractivity contribution in [2.24, 2.45) is 11.8 Å². The number of rotatable bonds is 9. The van der Waals surface area contributed by atoms with Crippen molar-refractivity contribution in [1.29, 1.82) is 0 Å². The molecule has 5 N–H and O–H groups in total. The van der Waals surface area contributed by atoms with Crippen LogP contribution in [0.4, 0.5) is 0 Å². The number of nitrogens with one attached hydrogen (secondary N) is 2. The van der Waals surface area contributed by atoms with Gasteiger partial charge in [-0.05, 0) is 54.9 Å². The van der Waals surface area contributed by atoms with Gasteiger partial charge in [-0.15, -0.1) is 0 Å². The monoisotopic (exact) mass is 406 g/mol. The van der Waals surface area contributed by atoms with E-state index in [1.54, 1.807) is 7.11 Å². The van der Waals surface area contributed by atoms with Gasteiger partial charge in [-0.1, -0.05) is 19.9 Å². The number of methoxy groups -OCH3 is 1. The SMILES string of the molecule is COc1ccc2c(c1)CC(C(=O)N[C@@H](CO)C(=O)NC(CC(C)C)B(O)O)CC2. The predicted octanol–water partition coefficient (Wildman–Crippen LogP) is -0.180. The smallest absolute Gasteiger partial charge is 0.475 e. The molecule has 160 valence electrons. The lowest BCUT2D eigenvalue weighted by Crippen LogP contribution is -2.56. The van der Waals surface area contributed by atoms with Gasteiger partial charge in [0.1, 0.15) is 11.8 Å². The fourth-order valence-corrected chi connectivity index (χ4v) is 3.61. The van der Waals surface area contributed by atoms with E-state index in [1.165, 1.54) is 5.56 Å². The van der Waals surface area contributed by atoms with Crippen molar-refractivity contribution in [2.75, 3.05) is 13.7 Å². The van der Waals surface area contributed by atoms with E-state index in [0.717, 1.165) is 17.7 Å². The van der Waals surface area contributed by atoms with Crippen molar-refractivity contribution in [2.45, 2.75) is 51.5 Å². The van der Waals surface area contributed by atoms with Crippen LogP contribution in [0, 0.1) is 11.8 Å². The summed E-state index contributed by atoms with van der Waals surface area (Å²) in [6.45, 7) is 3.20. The first-order valence-electron chi connectivity index (χ1n) is 9.98. The van der Waals surface area contributed by atoms with Crippen LogP contribution in [0.3, 0.4) is 0 Å². The fraction of sp³-hybridized carbons (Fsp3) is 0.600. The van der Waals surface area contributed by atoms with Crippen molar-refractivity contribution in [3.05, 3.63) is 29.3 Å². The topological polar surface area (TPSA) is 128 Å². The number of aliphatic hydroxyl groups is 1. The van der Waals surface area contributed by atoms with E-state index in [4.69, 9.17) is 4.74 Å². The molecule has 2 rings (SSSR count). The quantitative estimate of drug-likeness (QED) is 0.362. The molecule has 3 atom stereocenters. The molecule has 8 nitrogen and oxygen atoms in total. The lowest BCUT2D eigenvalue weighted by Gasteiger charge is -2.27. The lowest BCUT2D eigenvalue weighted by molar-refractivity contribution is -0.132. The van der Waals surface area contributed by atoms with E-state index in [1.807, 2.05) is 32.0 Å². The maximum atomic E-state index is 12.7. The van der Waals surface area contributed by atoms with Crippen LogP contribution in [0.5, 0.6) is 5.75 Å². The van der Waals surface area contributed by atoms with Crippen LogP contribution in [0.25, 0.3) is 0 Å². The van der Waals surface area contributed by atoms with Gasteiger partial charge in [0, 0.05) is 5.92 Å². The minimum Gasteiger partial charge on any atom is -0.497 e. The Bertz CT molecular complexity index is 712. The molecule has 0 heterocycles. The zero-order valence-electron chi connectivity index (χ0n) is 17.2. The highest BCUT2D eigenvalue weighted by Crippen LogP contribution is 2.28. The molecule has 2 unspecified atom stereocenters. The van der Waals surface area contributed by atoms with Crippen molar-refractivity contribution in [3.8, 4) is 5.75 Å². The highest BCUT2D eigenvalue weighted by molar-refractivity contribution is 6.43. The standard InChI is InChI=1S/C20H31BN2O6/c1-12(2)8-18(21(27)28)23-20(26)17(11-24)22-19(25)14-5-4-13-6-7-16(29-3)10-15(13)9-14/h6-7,10,12,14,17-18,24,27-28H,4-5,8-9,11H2,1-3H3,(H,22,25)(H,23,26)/t14?,17-,18?/m0/s1. The third kappa shape index (κ3) is 6.45. The third-order valence-corrected chi connectivity index (χ3v) is 5.24. The minimum atomic E-state index is -1.72. The number of carbonyl (C=O) groups is 2. The molecule has 0 saturated heterocycles. The number of ether oxygens (including phenoxy) is 1. The summed E-state index contributed by atoms with van der Waals surface area (Å²) in [6.07, 6.45) is 2.29. The van der Waals surface area contributed by atoms with Gasteiger partial charge in [-0.3, -0.25) is 9.59 Å². The second-order valence-corrected chi connectivity index (χ2v) is 7.98. The van der Waals surface area contributed by atoms with E-state index >= 15 is 0 Å². The zero-order chi connectivity index (χ0) is 21.6. The average molecular weight is 406 g/mol. The number of hydrogen-bond donors (Lipinski definition) is 5. The van der Waals surface area contributed by atoms with Crippen LogP contribution < -0.4 is 15.4 Å². The van der Waals surface area contributed by atoms with Crippen molar-refractivity contribution in [3.63, 3.8) is 0 Å². The normalized spacial score (nSPS) is 17.8. The van der Waals surface area contributed by atoms with E-state index in [-0.39, 0.29) is 17.7 Å². The predicted molar refractivity (Wildman–Crippen MR) is 109 cm³/mol. The van der Waals surface area contributed by atoms with Gasteiger partial charge in [-0.2, -0.15) is 0 Å². The Morgan fingerprint density at radius 1 is 1.24 bits per heavy atom. The van der Waals surface area contributed by atoms with Crippen LogP contribution in [0.15, 0.2) is 18.2 Å². The maximum absolute atomic E-state index is 12.7. The molecule has 1 aliphatic rings. The summed E-state index contributed by atoms with van der Waals surface area (Å²) in [4.78, 5) is 25.1. The number of fused-ring (bicyclic) bond motifs is 1. The minimum absolute atomic E-state index is 0.128. The molecule has 0 fully saturated rings. The molecule has 9 heteroatoms. The first kappa shape index (κ1) is 23.2. The van der Waals surface area contributed by atoms with Crippen LogP contribution in [-0.4, -0.2) is 59.8 Å². The second kappa shape index (κ2) is 10.6. The molecule has 2 amide bonds. The molecule has 29 heavy (non-hydrogen) atoms. The number of aliphatic hydroxyl groups excluding tert-OH is 1. The summed E-state index contributed by atoms with van der Waals surface area (Å²) < 4.78 is 5.25. The maximum Gasteiger partial charge on any atom is 0.475 e. The van der Waals surface area contributed by atoms with Crippen molar-refractivity contribution in [1.82, 2.24) is 10.6 Å². The Morgan fingerprint density at radius 2 is 1.97 bits per heavy atom. The van der Waals surface area contributed by atoms with E-state index in [0.29, 0.717) is 19.3 Å². The molecular formula is C20H31BN2O6. The van der Waals surface area contributed by atoms with Gasteiger partial charge in [0.05, 0.1) is 19.7 Å². The van der Waals surface area contributed by atoms with Crippen LogP contribution >= 0.6 is 0 Å². The van der Waals surface area contributed by atoms with Gasteiger partial charge in [0.2, 0.25) is 11.8 Å². The van der Waals surface area contributed by atoms with Crippen molar-refractivity contribution >= 4 is 18.9 Å². The number of benzene rings is 1. The zero-order valence-corrected chi connectivity index (χ0v) is 17.2. The lowest BCUT2D eigenvalue weighted by atomic mass is 9.75. The highest BCUT2D eigenvalue weighted by Gasteiger charge is 2.32. The molecule has 1 aliphatic carbocycles. The average Bonchev–Trinajstić information content (AvgIpc) is 2.69. The molecule has 0 aromatic heterocycles. The summed E-state index contributed by atoms with van der Waals surface area (Å²) in [6, 6.07) is 4.67. The molecular weight excluding hydrogens is 375 g/mol. The Hall–Kier alpha value is -2.10. The number of aryl methyl sites for hydroxylation is 1. The van der Waals surface area contributed by atoms with Gasteiger partial charge in [-0.25, -0.2) is 0 Å². The first-order valence-corrected chi connectivity index (χ1v) is 9.98. The van der Waals surface area contributed by atoms with Gasteiger partial charge >= 0.3 is 7.12 Å². The molecule has 0 radical (unpaired) electrons. The van der Waals surface area contributed by atoms with Gasteiger partial charge in [0.25, 0.3) is 0 Å². The third-order valence-electron chi connectivity index (χ3n) is 5.24. The molecule has 0 bridgehead atoms. The molecule has 0 saturated carbocycles. The fourth-order valence-electron chi connectivity index (χ4n) is 3.61. The van der Waals surface area contributed by atoms with E-state index in [2.05, 4.69) is 10.6 Å². The summed E-state index contributed by atoms with van der Waals surface area (Å²) >= 11 is 0. The van der Waals surface area contributed by atoms with Crippen LogP contribution in [0.2, 0.25) is 0 Å². The summed E-state index contributed by atoms with van der Waals surface area (Å²) in [7, 11) is -0.129. The summed E-state index contributed by atoms with van der Waals surface area (Å²) in [5.74, 6) is -1.27. The highest BCUT2D eigenvalue weighted by atomic mass is 16.5. The Balaban J connectivity index is 1.99. The number of carbonyl (C=O) groups excluding carboxylic acids is 2. The largest absolute Gasteiger partial charge is 0.497 e. The number of amides is 2. The summed E-state index contributed by atoms with van der Waals surface area (Å²) in [5.41, 5.74) is 2.22. The second-order valence-electron chi connectivity index (χ2n) is 7.98. The molecule has 0 spiro atoms. The Morgan fingerprint density at radius 3 is 2.55 bits per heavy atom. The van der Waals surface area contributed by atoms with E-state index < -0.39 is 31.6 Å². The molecule has 1 aromatic rings. The summed E-state index contributed by atoms with van der Waals surface area (Å²) in [5, 5.41) is 33.6. The Labute approximate surface area is 171 Å². The molecule has 0 aliphatic heterocycles. The van der Waals surface area contributed by atoms with Crippen LogP contribution in [0.1, 0.15) is 37.8 Å². The first-order chi connectivity index (χ1) is 13.7. The van der Waals surface area contributed by atoms with Crippen molar-refractivity contribution < 1.29 is 29.5 Å².